The number of nitriles is 1. The van der Waals surface area contributed by atoms with Gasteiger partial charge in [0.25, 0.3) is 0 Å². The predicted octanol–water partition coefficient (Wildman–Crippen LogP) is 3.13. The van der Waals surface area contributed by atoms with Gasteiger partial charge in [-0.2, -0.15) is 5.26 Å². The van der Waals surface area contributed by atoms with E-state index in [1.54, 1.807) is 25.3 Å². The van der Waals surface area contributed by atoms with Crippen molar-refractivity contribution in [3.05, 3.63) is 23.8 Å². The van der Waals surface area contributed by atoms with Crippen LogP contribution in [0.1, 0.15) is 32.3 Å². The van der Waals surface area contributed by atoms with Crippen LogP contribution in [0.2, 0.25) is 0 Å². The van der Waals surface area contributed by atoms with Gasteiger partial charge in [0, 0.05) is 6.07 Å². The van der Waals surface area contributed by atoms with Crippen LogP contribution in [-0.4, -0.2) is 13.2 Å². The fourth-order valence-corrected chi connectivity index (χ4v) is 1.47. The number of ether oxygens (including phenoxy) is 2. The number of hydrogen-bond donors (Lipinski definition) is 0. The van der Waals surface area contributed by atoms with E-state index in [1.165, 1.54) is 0 Å². The van der Waals surface area contributed by atoms with Crippen molar-refractivity contribution in [3.8, 4) is 17.6 Å². The highest BCUT2D eigenvalue weighted by atomic mass is 16.5. The molecular formula is C13H17NO2. The van der Waals surface area contributed by atoms with Crippen molar-refractivity contribution in [1.82, 2.24) is 0 Å². The van der Waals surface area contributed by atoms with E-state index in [1.807, 2.05) is 0 Å². The molecule has 0 unspecified atom stereocenters. The van der Waals surface area contributed by atoms with Gasteiger partial charge in [0.05, 0.1) is 24.8 Å². The molecule has 0 spiro atoms. The third-order valence-electron chi connectivity index (χ3n) is 2.50. The molecule has 1 aromatic carbocycles. The summed E-state index contributed by atoms with van der Waals surface area (Å²) >= 11 is 0. The van der Waals surface area contributed by atoms with Crippen LogP contribution in [0.25, 0.3) is 0 Å². The van der Waals surface area contributed by atoms with E-state index in [4.69, 9.17) is 14.7 Å². The average Bonchev–Trinajstić information content (AvgIpc) is 2.35. The highest BCUT2D eigenvalue weighted by molar-refractivity contribution is 5.46. The summed E-state index contributed by atoms with van der Waals surface area (Å²) in [5.41, 5.74) is 0.585. The molecule has 0 bridgehead atoms. The van der Waals surface area contributed by atoms with Crippen molar-refractivity contribution in [3.63, 3.8) is 0 Å². The fourth-order valence-electron chi connectivity index (χ4n) is 1.47. The van der Waals surface area contributed by atoms with Crippen LogP contribution in [0.5, 0.6) is 11.5 Å². The maximum Gasteiger partial charge on any atom is 0.162 e. The van der Waals surface area contributed by atoms with E-state index in [2.05, 4.69) is 19.9 Å². The van der Waals surface area contributed by atoms with Crippen molar-refractivity contribution in [2.24, 2.45) is 0 Å². The molecular weight excluding hydrogens is 202 g/mol. The van der Waals surface area contributed by atoms with Crippen molar-refractivity contribution in [1.29, 1.82) is 5.26 Å². The normalized spacial score (nSPS) is 9.94. The van der Waals surface area contributed by atoms with Gasteiger partial charge in [-0.3, -0.25) is 0 Å². The Labute approximate surface area is 96.6 Å². The van der Waals surface area contributed by atoms with Crippen molar-refractivity contribution in [2.45, 2.75) is 32.8 Å². The molecule has 0 saturated carbocycles. The van der Waals surface area contributed by atoms with E-state index >= 15 is 0 Å². The minimum atomic E-state index is 0.169. The Morgan fingerprint density at radius 2 is 1.94 bits per heavy atom. The van der Waals surface area contributed by atoms with Gasteiger partial charge in [-0.05, 0) is 25.0 Å². The second-order valence-corrected chi connectivity index (χ2v) is 3.53. The molecule has 0 atom stereocenters. The minimum absolute atomic E-state index is 0.169. The maximum absolute atomic E-state index is 8.83. The van der Waals surface area contributed by atoms with E-state index in [-0.39, 0.29) is 6.10 Å². The zero-order chi connectivity index (χ0) is 12.0. The Balaban J connectivity index is 2.95. The van der Waals surface area contributed by atoms with Crippen LogP contribution >= 0.6 is 0 Å². The number of benzene rings is 1. The van der Waals surface area contributed by atoms with Crippen LogP contribution in [0.4, 0.5) is 0 Å². The van der Waals surface area contributed by atoms with Gasteiger partial charge in [-0.15, -0.1) is 0 Å². The van der Waals surface area contributed by atoms with Crippen molar-refractivity contribution in [2.75, 3.05) is 7.11 Å². The third-order valence-corrected chi connectivity index (χ3v) is 2.50. The highest BCUT2D eigenvalue weighted by Crippen LogP contribution is 2.29. The molecule has 1 aromatic rings. The molecule has 0 N–H and O–H groups in total. The summed E-state index contributed by atoms with van der Waals surface area (Å²) < 4.78 is 11.0. The van der Waals surface area contributed by atoms with Crippen LogP contribution in [0.15, 0.2) is 18.2 Å². The van der Waals surface area contributed by atoms with Gasteiger partial charge in [-0.25, -0.2) is 0 Å². The van der Waals surface area contributed by atoms with Gasteiger partial charge in [0.1, 0.15) is 0 Å². The van der Waals surface area contributed by atoms with Crippen LogP contribution < -0.4 is 9.47 Å². The first-order valence-corrected chi connectivity index (χ1v) is 5.49. The zero-order valence-electron chi connectivity index (χ0n) is 9.99. The summed E-state index contributed by atoms with van der Waals surface area (Å²) in [6, 6.07) is 7.29. The van der Waals surface area contributed by atoms with E-state index in [0.29, 0.717) is 17.1 Å². The highest BCUT2D eigenvalue weighted by Gasteiger charge is 2.10. The van der Waals surface area contributed by atoms with Crippen LogP contribution in [0, 0.1) is 11.3 Å². The molecule has 0 fully saturated rings. The summed E-state index contributed by atoms with van der Waals surface area (Å²) in [7, 11) is 1.60. The first-order valence-electron chi connectivity index (χ1n) is 5.49. The van der Waals surface area contributed by atoms with Crippen LogP contribution in [-0.2, 0) is 0 Å². The quantitative estimate of drug-likeness (QED) is 0.764. The van der Waals surface area contributed by atoms with Crippen molar-refractivity contribution < 1.29 is 9.47 Å². The maximum atomic E-state index is 8.83. The monoisotopic (exact) mass is 219 g/mol. The summed E-state index contributed by atoms with van der Waals surface area (Å²) in [6.45, 7) is 4.16. The third kappa shape index (κ3) is 2.90. The molecule has 3 nitrogen and oxygen atoms in total. The first-order chi connectivity index (χ1) is 7.74. The lowest BCUT2D eigenvalue weighted by molar-refractivity contribution is 0.185. The number of hydrogen-bond acceptors (Lipinski definition) is 3. The Kier molecular flexibility index (Phi) is 4.65. The van der Waals surface area contributed by atoms with E-state index in [0.717, 1.165) is 12.8 Å². The van der Waals surface area contributed by atoms with Gasteiger partial charge in [0.2, 0.25) is 0 Å². The van der Waals surface area contributed by atoms with Gasteiger partial charge < -0.3 is 9.47 Å². The summed E-state index contributed by atoms with van der Waals surface area (Å²) in [4.78, 5) is 0. The Morgan fingerprint density at radius 3 is 2.44 bits per heavy atom. The molecule has 0 aliphatic carbocycles. The van der Waals surface area contributed by atoms with E-state index in [9.17, 15) is 0 Å². The predicted molar refractivity (Wildman–Crippen MR) is 62.7 cm³/mol. The number of methoxy groups -OCH3 is 1. The molecule has 0 amide bonds. The molecule has 0 radical (unpaired) electrons. The minimum Gasteiger partial charge on any atom is -0.493 e. The lowest BCUT2D eigenvalue weighted by Crippen LogP contribution is -2.14. The fraction of sp³-hybridized carbons (Fsp3) is 0.462. The number of rotatable bonds is 5. The molecule has 0 saturated heterocycles. The molecule has 16 heavy (non-hydrogen) atoms. The van der Waals surface area contributed by atoms with Gasteiger partial charge >= 0.3 is 0 Å². The Hall–Kier alpha value is -1.69. The summed E-state index contributed by atoms with van der Waals surface area (Å²) in [6.07, 6.45) is 2.05. The molecule has 0 aliphatic rings. The first kappa shape index (κ1) is 12.4. The second-order valence-electron chi connectivity index (χ2n) is 3.53. The number of nitrogens with zero attached hydrogens (tertiary/aromatic N) is 1. The largest absolute Gasteiger partial charge is 0.493 e. The molecule has 0 aromatic heterocycles. The lowest BCUT2D eigenvalue weighted by atomic mass is 10.2. The molecule has 1 rings (SSSR count). The van der Waals surface area contributed by atoms with Gasteiger partial charge in [-0.1, -0.05) is 13.8 Å². The smallest absolute Gasteiger partial charge is 0.162 e. The second kappa shape index (κ2) is 6.02. The summed E-state index contributed by atoms with van der Waals surface area (Å²) in [5.74, 6) is 1.32. The molecule has 0 heterocycles. The SMILES string of the molecule is CCC(CC)Oc1cc(C#N)ccc1OC. The molecule has 86 valence electrons. The lowest BCUT2D eigenvalue weighted by Gasteiger charge is -2.17. The topological polar surface area (TPSA) is 42.2 Å². The Bertz CT molecular complexity index is 378. The van der Waals surface area contributed by atoms with Crippen LogP contribution in [0.3, 0.4) is 0 Å². The molecule has 0 aliphatic heterocycles. The van der Waals surface area contributed by atoms with Gasteiger partial charge in [0.15, 0.2) is 11.5 Å². The average molecular weight is 219 g/mol. The molecule has 3 heteroatoms. The Morgan fingerprint density at radius 1 is 1.25 bits per heavy atom. The summed E-state index contributed by atoms with van der Waals surface area (Å²) in [5, 5.41) is 8.83. The zero-order valence-corrected chi connectivity index (χ0v) is 9.99. The standard InChI is InChI=1S/C13H17NO2/c1-4-11(5-2)16-13-8-10(9-14)6-7-12(13)15-3/h6-8,11H,4-5H2,1-3H3. The van der Waals surface area contributed by atoms with Crippen molar-refractivity contribution >= 4 is 0 Å². The van der Waals surface area contributed by atoms with E-state index < -0.39 is 0 Å².